The second kappa shape index (κ2) is 9.60. The number of benzene rings is 2. The average Bonchev–Trinajstić information content (AvgIpc) is 2.73. The summed E-state index contributed by atoms with van der Waals surface area (Å²) in [7, 11) is 1.55. The topological polar surface area (TPSA) is 70.7 Å². The van der Waals surface area contributed by atoms with Gasteiger partial charge in [0.05, 0.1) is 23.4 Å². The number of halogens is 2. The Bertz CT molecular complexity index is 865. The predicted molar refractivity (Wildman–Crippen MR) is 110 cm³/mol. The highest BCUT2D eigenvalue weighted by atomic mass is 35.5. The molecule has 1 aliphatic heterocycles. The molecule has 3 amide bonds. The Hall–Kier alpha value is -2.80. The molecule has 6 nitrogen and oxygen atoms in total. The first-order chi connectivity index (χ1) is 14.0. The summed E-state index contributed by atoms with van der Waals surface area (Å²) in [6.07, 6.45) is 1.48. The van der Waals surface area contributed by atoms with Gasteiger partial charge in [-0.2, -0.15) is 0 Å². The lowest BCUT2D eigenvalue weighted by molar-refractivity contribution is 0.0935. The highest BCUT2D eigenvalue weighted by molar-refractivity contribution is 6.33. The fraction of sp³-hybridized carbons (Fsp3) is 0.333. The van der Waals surface area contributed by atoms with Crippen molar-refractivity contribution in [3.8, 4) is 5.75 Å². The van der Waals surface area contributed by atoms with Gasteiger partial charge in [0.15, 0.2) is 0 Å². The Morgan fingerprint density at radius 2 is 1.90 bits per heavy atom. The molecule has 0 spiro atoms. The molecule has 3 rings (SSSR count). The summed E-state index contributed by atoms with van der Waals surface area (Å²) in [5.74, 6) is -0.354. The molecule has 1 heterocycles. The highest BCUT2D eigenvalue weighted by Gasteiger charge is 2.24. The van der Waals surface area contributed by atoms with Crippen LogP contribution < -0.4 is 15.4 Å². The Morgan fingerprint density at radius 1 is 1.17 bits per heavy atom. The molecular weight excluding hydrogens is 397 g/mol. The van der Waals surface area contributed by atoms with Gasteiger partial charge >= 0.3 is 6.03 Å². The summed E-state index contributed by atoms with van der Waals surface area (Å²) in [5.41, 5.74) is 0.485. The van der Waals surface area contributed by atoms with E-state index in [9.17, 15) is 14.0 Å². The minimum atomic E-state index is -0.641. The number of hydrogen-bond acceptors (Lipinski definition) is 3. The molecule has 1 aliphatic rings. The number of anilines is 1. The number of rotatable bonds is 5. The first-order valence-electron chi connectivity index (χ1n) is 9.40. The smallest absolute Gasteiger partial charge is 0.321 e. The van der Waals surface area contributed by atoms with Crippen LogP contribution in [0, 0.1) is 11.7 Å². The number of methoxy groups -OCH3 is 1. The third-order valence-corrected chi connectivity index (χ3v) is 5.31. The van der Waals surface area contributed by atoms with Crippen molar-refractivity contribution in [1.82, 2.24) is 10.2 Å². The highest BCUT2D eigenvalue weighted by Crippen LogP contribution is 2.25. The molecule has 2 aromatic rings. The molecule has 1 fully saturated rings. The van der Waals surface area contributed by atoms with Crippen molar-refractivity contribution in [3.63, 3.8) is 0 Å². The molecule has 0 aromatic heterocycles. The number of hydrogen-bond donors (Lipinski definition) is 2. The lowest BCUT2D eigenvalue weighted by Gasteiger charge is -2.32. The molecule has 2 aromatic carbocycles. The second-order valence-corrected chi connectivity index (χ2v) is 7.27. The number of ether oxygens (including phenoxy) is 1. The van der Waals surface area contributed by atoms with E-state index in [1.165, 1.54) is 18.2 Å². The Labute approximate surface area is 174 Å². The molecular formula is C21H23ClFN3O3. The van der Waals surface area contributed by atoms with Crippen LogP contribution in [0.1, 0.15) is 23.2 Å². The lowest BCUT2D eigenvalue weighted by Crippen LogP contribution is -2.43. The number of nitrogens with zero attached hydrogens (tertiary/aromatic N) is 1. The standard InChI is InChI=1S/C21H23ClFN3O3/c1-29-18-8-3-2-7-17(18)25-21(28)26-11-9-14(10-12-26)13-24-20(27)19-15(22)5-4-6-16(19)23/h2-8,14H,9-13H2,1H3,(H,24,27)(H,25,28). The van der Waals surface area contributed by atoms with E-state index in [2.05, 4.69) is 10.6 Å². The van der Waals surface area contributed by atoms with E-state index in [1.807, 2.05) is 12.1 Å². The van der Waals surface area contributed by atoms with E-state index in [-0.39, 0.29) is 22.5 Å². The van der Waals surface area contributed by atoms with E-state index in [1.54, 1.807) is 24.1 Å². The molecule has 2 N–H and O–H groups in total. The number of carbonyl (C=O) groups excluding carboxylic acids is 2. The number of amides is 3. The van der Waals surface area contributed by atoms with Crippen LogP contribution in [0.5, 0.6) is 5.75 Å². The van der Waals surface area contributed by atoms with Crippen LogP contribution >= 0.6 is 11.6 Å². The lowest BCUT2D eigenvalue weighted by atomic mass is 9.97. The minimum absolute atomic E-state index is 0.0883. The third kappa shape index (κ3) is 5.17. The molecule has 0 radical (unpaired) electrons. The van der Waals surface area contributed by atoms with Crippen LogP contribution in [-0.4, -0.2) is 43.6 Å². The van der Waals surface area contributed by atoms with Gasteiger partial charge in [-0.1, -0.05) is 29.8 Å². The molecule has 1 saturated heterocycles. The van der Waals surface area contributed by atoms with Crippen LogP contribution in [0.3, 0.4) is 0 Å². The fourth-order valence-corrected chi connectivity index (χ4v) is 3.57. The Kier molecular flexibility index (Phi) is 6.93. The number of carbonyl (C=O) groups is 2. The van der Waals surface area contributed by atoms with Gasteiger partial charge in [-0.3, -0.25) is 4.79 Å². The molecule has 0 saturated carbocycles. The maximum atomic E-state index is 13.8. The molecule has 154 valence electrons. The Balaban J connectivity index is 1.48. The maximum absolute atomic E-state index is 13.8. The van der Waals surface area contributed by atoms with Crippen molar-refractivity contribution >= 4 is 29.2 Å². The number of urea groups is 1. The zero-order chi connectivity index (χ0) is 20.8. The van der Waals surface area contributed by atoms with Crippen molar-refractivity contribution in [2.75, 3.05) is 32.1 Å². The summed E-state index contributed by atoms with van der Waals surface area (Å²) >= 11 is 5.93. The number of piperidine rings is 1. The van der Waals surface area contributed by atoms with Gasteiger partial charge in [-0.15, -0.1) is 0 Å². The van der Waals surface area contributed by atoms with Crippen LogP contribution in [0.4, 0.5) is 14.9 Å². The first-order valence-corrected chi connectivity index (χ1v) is 9.78. The SMILES string of the molecule is COc1ccccc1NC(=O)N1CCC(CNC(=O)c2c(F)cccc2Cl)CC1. The summed E-state index contributed by atoms with van der Waals surface area (Å²) in [6, 6.07) is 11.2. The van der Waals surface area contributed by atoms with E-state index >= 15 is 0 Å². The largest absolute Gasteiger partial charge is 0.495 e. The monoisotopic (exact) mass is 419 g/mol. The van der Waals surface area contributed by atoms with Crippen molar-refractivity contribution in [3.05, 3.63) is 58.9 Å². The van der Waals surface area contributed by atoms with Crippen molar-refractivity contribution in [2.45, 2.75) is 12.8 Å². The van der Waals surface area contributed by atoms with Crippen LogP contribution in [0.2, 0.25) is 5.02 Å². The number of nitrogens with one attached hydrogen (secondary N) is 2. The molecule has 29 heavy (non-hydrogen) atoms. The summed E-state index contributed by atoms with van der Waals surface area (Å²) in [6.45, 7) is 1.55. The summed E-state index contributed by atoms with van der Waals surface area (Å²) in [5, 5.41) is 5.70. The first kappa shape index (κ1) is 20.9. The summed E-state index contributed by atoms with van der Waals surface area (Å²) in [4.78, 5) is 26.5. The second-order valence-electron chi connectivity index (χ2n) is 6.87. The van der Waals surface area contributed by atoms with E-state index < -0.39 is 11.7 Å². The normalized spacial score (nSPS) is 14.4. The van der Waals surface area contributed by atoms with Gasteiger partial charge < -0.3 is 20.3 Å². The van der Waals surface area contributed by atoms with E-state index in [0.29, 0.717) is 31.1 Å². The van der Waals surface area contributed by atoms with Gasteiger partial charge in [0, 0.05) is 19.6 Å². The van der Waals surface area contributed by atoms with Gasteiger partial charge in [-0.05, 0) is 43.0 Å². The average molecular weight is 420 g/mol. The van der Waals surface area contributed by atoms with Crippen LogP contribution in [0.15, 0.2) is 42.5 Å². The quantitative estimate of drug-likeness (QED) is 0.764. The fourth-order valence-electron chi connectivity index (χ4n) is 3.32. The van der Waals surface area contributed by atoms with Crippen molar-refractivity contribution < 1.29 is 18.7 Å². The zero-order valence-corrected chi connectivity index (χ0v) is 16.8. The molecule has 0 unspecified atom stereocenters. The minimum Gasteiger partial charge on any atom is -0.495 e. The molecule has 0 bridgehead atoms. The van der Waals surface area contributed by atoms with Crippen LogP contribution in [-0.2, 0) is 0 Å². The zero-order valence-electron chi connectivity index (χ0n) is 16.1. The maximum Gasteiger partial charge on any atom is 0.321 e. The van der Waals surface area contributed by atoms with Gasteiger partial charge in [-0.25, -0.2) is 9.18 Å². The van der Waals surface area contributed by atoms with Crippen molar-refractivity contribution in [2.24, 2.45) is 5.92 Å². The van der Waals surface area contributed by atoms with Gasteiger partial charge in [0.25, 0.3) is 5.91 Å². The number of likely N-dealkylation sites (tertiary alicyclic amines) is 1. The van der Waals surface area contributed by atoms with E-state index in [0.717, 1.165) is 12.8 Å². The molecule has 0 atom stereocenters. The molecule has 8 heteroatoms. The predicted octanol–water partition coefficient (Wildman–Crippen LogP) is 4.16. The molecule has 0 aliphatic carbocycles. The van der Waals surface area contributed by atoms with Crippen LogP contribution in [0.25, 0.3) is 0 Å². The van der Waals surface area contributed by atoms with E-state index in [4.69, 9.17) is 16.3 Å². The number of para-hydroxylation sites is 2. The van der Waals surface area contributed by atoms with Gasteiger partial charge in [0.2, 0.25) is 0 Å². The summed E-state index contributed by atoms with van der Waals surface area (Å²) < 4.78 is 19.1. The van der Waals surface area contributed by atoms with Crippen molar-refractivity contribution in [1.29, 1.82) is 0 Å². The van der Waals surface area contributed by atoms with Gasteiger partial charge in [0.1, 0.15) is 11.6 Å². The Morgan fingerprint density at radius 3 is 2.59 bits per heavy atom. The third-order valence-electron chi connectivity index (χ3n) is 4.99.